The Morgan fingerprint density at radius 2 is 1.46 bits per heavy atom. The molecule has 0 aliphatic rings. The number of hydrogen-bond donors (Lipinski definition) is 1. The lowest BCUT2D eigenvalue weighted by Gasteiger charge is -2.06. The van der Waals surface area contributed by atoms with Gasteiger partial charge in [-0.1, -0.05) is 35.4 Å². The molecule has 28 heavy (non-hydrogen) atoms. The smallest absolute Gasteiger partial charge is 0.255 e. The lowest BCUT2D eigenvalue weighted by Crippen LogP contribution is -2.11. The van der Waals surface area contributed by atoms with Crippen molar-refractivity contribution in [2.24, 2.45) is 0 Å². The maximum absolute atomic E-state index is 12.4. The quantitative estimate of drug-likeness (QED) is 0.532. The Labute approximate surface area is 163 Å². The standard InChI is InChI=1S/C23H19N3O2/c1-15-6-12-20(13-7-15)24-21(27)17-8-10-18(11-9-17)22-25-26-23(28-22)19-5-3-4-16(2)14-19/h3-14H,1-2H3,(H,24,27). The lowest BCUT2D eigenvalue weighted by molar-refractivity contribution is 0.102. The van der Waals surface area contributed by atoms with Gasteiger partial charge in [-0.3, -0.25) is 4.79 Å². The Bertz CT molecular complexity index is 1110. The summed E-state index contributed by atoms with van der Waals surface area (Å²) in [4.78, 5) is 12.4. The molecule has 5 heteroatoms. The molecule has 4 aromatic rings. The van der Waals surface area contributed by atoms with Gasteiger partial charge in [-0.05, 0) is 62.4 Å². The molecule has 0 bridgehead atoms. The van der Waals surface area contributed by atoms with Crippen molar-refractivity contribution in [3.63, 3.8) is 0 Å². The molecule has 138 valence electrons. The molecule has 0 aliphatic heterocycles. The molecule has 0 atom stereocenters. The monoisotopic (exact) mass is 369 g/mol. The van der Waals surface area contributed by atoms with Crippen LogP contribution >= 0.6 is 0 Å². The Hall–Kier alpha value is -3.73. The zero-order chi connectivity index (χ0) is 19.5. The van der Waals surface area contributed by atoms with Gasteiger partial charge in [0.25, 0.3) is 5.91 Å². The van der Waals surface area contributed by atoms with Crippen LogP contribution in [0.3, 0.4) is 0 Å². The molecule has 4 rings (SSSR count). The van der Waals surface area contributed by atoms with Crippen LogP contribution in [0.5, 0.6) is 0 Å². The van der Waals surface area contributed by atoms with Gasteiger partial charge in [0.05, 0.1) is 0 Å². The molecular formula is C23H19N3O2. The topological polar surface area (TPSA) is 68.0 Å². The van der Waals surface area contributed by atoms with E-state index < -0.39 is 0 Å². The van der Waals surface area contributed by atoms with Crippen molar-refractivity contribution in [1.29, 1.82) is 0 Å². The zero-order valence-electron chi connectivity index (χ0n) is 15.6. The molecule has 1 heterocycles. The van der Waals surface area contributed by atoms with E-state index in [4.69, 9.17) is 4.42 Å². The van der Waals surface area contributed by atoms with E-state index in [9.17, 15) is 4.79 Å². The van der Waals surface area contributed by atoms with Gasteiger partial charge < -0.3 is 9.73 Å². The van der Waals surface area contributed by atoms with Crippen molar-refractivity contribution in [3.05, 3.63) is 89.5 Å². The van der Waals surface area contributed by atoms with Crippen LogP contribution in [-0.2, 0) is 0 Å². The van der Waals surface area contributed by atoms with Crippen LogP contribution in [0.15, 0.2) is 77.2 Å². The number of amides is 1. The van der Waals surface area contributed by atoms with Crippen molar-refractivity contribution in [2.75, 3.05) is 5.32 Å². The number of benzene rings is 3. The highest BCUT2D eigenvalue weighted by Crippen LogP contribution is 2.24. The molecule has 5 nitrogen and oxygen atoms in total. The third-order valence-electron chi connectivity index (χ3n) is 4.39. The van der Waals surface area contributed by atoms with Crippen LogP contribution in [0.2, 0.25) is 0 Å². The fourth-order valence-electron chi connectivity index (χ4n) is 2.84. The van der Waals surface area contributed by atoms with Crippen molar-refractivity contribution >= 4 is 11.6 Å². The molecule has 0 saturated carbocycles. The van der Waals surface area contributed by atoms with Crippen molar-refractivity contribution in [2.45, 2.75) is 13.8 Å². The first kappa shape index (κ1) is 17.7. The van der Waals surface area contributed by atoms with Gasteiger partial charge in [0.1, 0.15) is 0 Å². The number of aryl methyl sites for hydroxylation is 2. The van der Waals surface area contributed by atoms with E-state index in [-0.39, 0.29) is 5.91 Å². The van der Waals surface area contributed by atoms with Crippen LogP contribution in [0, 0.1) is 13.8 Å². The largest absolute Gasteiger partial charge is 0.416 e. The SMILES string of the molecule is Cc1ccc(NC(=O)c2ccc(-c3nnc(-c4cccc(C)c4)o3)cc2)cc1. The van der Waals surface area contributed by atoms with Crippen LogP contribution in [0.1, 0.15) is 21.5 Å². The van der Waals surface area contributed by atoms with Gasteiger partial charge in [0.15, 0.2) is 0 Å². The molecule has 0 unspecified atom stereocenters. The van der Waals surface area contributed by atoms with Crippen molar-refractivity contribution in [1.82, 2.24) is 10.2 Å². The normalized spacial score (nSPS) is 10.6. The van der Waals surface area contributed by atoms with Gasteiger partial charge in [-0.25, -0.2) is 0 Å². The van der Waals surface area contributed by atoms with Crippen LogP contribution in [0.4, 0.5) is 5.69 Å². The second-order valence-corrected chi connectivity index (χ2v) is 6.68. The summed E-state index contributed by atoms with van der Waals surface area (Å²) in [5, 5.41) is 11.1. The molecule has 0 aliphatic carbocycles. The number of nitrogens with zero attached hydrogens (tertiary/aromatic N) is 2. The number of nitrogens with one attached hydrogen (secondary N) is 1. The summed E-state index contributed by atoms with van der Waals surface area (Å²) in [5.41, 5.74) is 5.24. The van der Waals surface area contributed by atoms with E-state index in [2.05, 4.69) is 15.5 Å². The minimum absolute atomic E-state index is 0.165. The number of rotatable bonds is 4. The summed E-state index contributed by atoms with van der Waals surface area (Å²) in [6, 6.07) is 22.7. The second-order valence-electron chi connectivity index (χ2n) is 6.68. The fourth-order valence-corrected chi connectivity index (χ4v) is 2.84. The van der Waals surface area contributed by atoms with Gasteiger partial charge in [-0.15, -0.1) is 10.2 Å². The number of aromatic nitrogens is 2. The summed E-state index contributed by atoms with van der Waals surface area (Å²) >= 11 is 0. The van der Waals surface area contributed by atoms with Gasteiger partial charge in [-0.2, -0.15) is 0 Å². The van der Waals surface area contributed by atoms with Gasteiger partial charge >= 0.3 is 0 Å². The summed E-state index contributed by atoms with van der Waals surface area (Å²) in [5.74, 6) is 0.725. The third kappa shape index (κ3) is 3.83. The summed E-state index contributed by atoms with van der Waals surface area (Å²) in [6.07, 6.45) is 0. The second kappa shape index (κ2) is 7.48. The molecular weight excluding hydrogens is 350 g/mol. The highest BCUT2D eigenvalue weighted by Gasteiger charge is 2.12. The van der Waals surface area contributed by atoms with Crippen LogP contribution < -0.4 is 5.32 Å². The summed E-state index contributed by atoms with van der Waals surface area (Å²) in [6.45, 7) is 4.02. The predicted octanol–water partition coefficient (Wildman–Crippen LogP) is 5.27. The zero-order valence-corrected chi connectivity index (χ0v) is 15.6. The molecule has 0 radical (unpaired) electrons. The lowest BCUT2D eigenvalue weighted by atomic mass is 10.1. The predicted molar refractivity (Wildman–Crippen MR) is 109 cm³/mol. The Kier molecular flexibility index (Phi) is 4.72. The first-order chi connectivity index (χ1) is 13.6. The van der Waals surface area contributed by atoms with Crippen LogP contribution in [0.25, 0.3) is 22.9 Å². The minimum atomic E-state index is -0.165. The number of carbonyl (C=O) groups excluding carboxylic acids is 1. The highest BCUT2D eigenvalue weighted by atomic mass is 16.4. The molecule has 0 saturated heterocycles. The molecule has 1 amide bonds. The Morgan fingerprint density at radius 1 is 0.786 bits per heavy atom. The average molecular weight is 369 g/mol. The van der Waals surface area contributed by atoms with E-state index in [1.54, 1.807) is 24.3 Å². The third-order valence-corrected chi connectivity index (χ3v) is 4.39. The fraction of sp³-hybridized carbons (Fsp3) is 0.0870. The number of carbonyl (C=O) groups is 1. The first-order valence-corrected chi connectivity index (χ1v) is 8.97. The van der Waals surface area contributed by atoms with Crippen molar-refractivity contribution < 1.29 is 9.21 Å². The average Bonchev–Trinajstić information content (AvgIpc) is 3.20. The summed E-state index contributed by atoms with van der Waals surface area (Å²) < 4.78 is 5.80. The van der Waals surface area contributed by atoms with E-state index in [0.29, 0.717) is 17.3 Å². The van der Waals surface area contributed by atoms with Crippen molar-refractivity contribution in [3.8, 4) is 22.9 Å². The maximum Gasteiger partial charge on any atom is 0.255 e. The van der Waals surface area contributed by atoms with Gasteiger partial charge in [0.2, 0.25) is 11.8 Å². The van der Waals surface area contributed by atoms with E-state index >= 15 is 0 Å². The Morgan fingerprint density at radius 3 is 2.14 bits per heavy atom. The van der Waals surface area contributed by atoms with Gasteiger partial charge in [0, 0.05) is 22.4 Å². The summed E-state index contributed by atoms with van der Waals surface area (Å²) in [7, 11) is 0. The van der Waals surface area contributed by atoms with Crippen LogP contribution in [-0.4, -0.2) is 16.1 Å². The highest BCUT2D eigenvalue weighted by molar-refractivity contribution is 6.04. The van der Waals surface area contributed by atoms with E-state index in [1.807, 2.05) is 62.4 Å². The van der Waals surface area contributed by atoms with E-state index in [1.165, 1.54) is 0 Å². The number of anilines is 1. The molecule has 0 fully saturated rings. The molecule has 1 aromatic heterocycles. The molecule has 1 N–H and O–H groups in total. The first-order valence-electron chi connectivity index (χ1n) is 8.97. The minimum Gasteiger partial charge on any atom is -0.416 e. The Balaban J connectivity index is 1.50. The molecule has 3 aromatic carbocycles. The molecule has 0 spiro atoms. The van der Waals surface area contributed by atoms with E-state index in [0.717, 1.165) is 27.9 Å². The maximum atomic E-state index is 12.4. The number of hydrogen-bond acceptors (Lipinski definition) is 4.